The number of alkyl carbamates (subject to hydrolysis) is 1. The van der Waals surface area contributed by atoms with E-state index in [1.165, 1.54) is 17.2 Å². The summed E-state index contributed by atoms with van der Waals surface area (Å²) in [5.74, 6) is -3.27. The van der Waals surface area contributed by atoms with E-state index >= 15 is 4.39 Å². The van der Waals surface area contributed by atoms with Gasteiger partial charge in [0.2, 0.25) is 27.7 Å². The van der Waals surface area contributed by atoms with Gasteiger partial charge in [-0.3, -0.25) is 19.1 Å². The van der Waals surface area contributed by atoms with Gasteiger partial charge in [0, 0.05) is 23.9 Å². The predicted octanol–water partition coefficient (Wildman–Crippen LogP) is 4.90. The Morgan fingerprint density at radius 2 is 1.88 bits per heavy atom. The fourth-order valence-electron chi connectivity index (χ4n) is 7.70. The average molecular weight is 800 g/mol. The molecule has 2 saturated carbocycles. The lowest BCUT2D eigenvalue weighted by atomic mass is 9.88. The van der Waals surface area contributed by atoms with Crippen molar-refractivity contribution in [3.63, 3.8) is 0 Å². The van der Waals surface area contributed by atoms with Gasteiger partial charge in [0.05, 0.1) is 17.9 Å². The molecule has 14 nitrogen and oxygen atoms in total. The summed E-state index contributed by atoms with van der Waals surface area (Å²) in [7, 11) is -4.03. The number of amides is 4. The molecule has 56 heavy (non-hydrogen) atoms. The lowest BCUT2D eigenvalue weighted by molar-refractivity contribution is -0.142. The molecule has 7 atom stereocenters. The van der Waals surface area contributed by atoms with Crippen molar-refractivity contribution < 1.29 is 46.2 Å². The molecule has 4 aliphatic rings. The molecule has 1 aromatic heterocycles. The molecule has 1 saturated heterocycles. The highest BCUT2D eigenvalue weighted by Crippen LogP contribution is 2.47. The lowest BCUT2D eigenvalue weighted by Gasteiger charge is -2.33. The van der Waals surface area contributed by atoms with E-state index in [4.69, 9.17) is 14.2 Å². The van der Waals surface area contributed by atoms with E-state index < -0.39 is 79.6 Å². The summed E-state index contributed by atoms with van der Waals surface area (Å²) in [6.07, 6.45) is 6.57. The molecule has 2 aromatic rings. The molecule has 0 bridgehead atoms. The Bertz CT molecular complexity index is 2020. The zero-order valence-corrected chi connectivity index (χ0v) is 34.0. The lowest BCUT2D eigenvalue weighted by Crippen LogP contribution is -2.59. The Morgan fingerprint density at radius 1 is 1.14 bits per heavy atom. The highest BCUT2D eigenvalue weighted by Gasteiger charge is 2.63. The minimum atomic E-state index is -4.03. The summed E-state index contributed by atoms with van der Waals surface area (Å²) in [6.45, 7) is 12.5. The maximum Gasteiger partial charge on any atom is 0.408 e. The zero-order valence-electron chi connectivity index (χ0n) is 33.1. The van der Waals surface area contributed by atoms with Crippen molar-refractivity contribution in [1.82, 2.24) is 25.2 Å². The fourth-order valence-corrected chi connectivity index (χ4v) is 9.01. The van der Waals surface area contributed by atoms with E-state index in [1.54, 1.807) is 46.8 Å². The first-order valence-electron chi connectivity index (χ1n) is 19.5. The van der Waals surface area contributed by atoms with Gasteiger partial charge in [0.15, 0.2) is 11.6 Å². The Hall–Kier alpha value is -4.47. The number of pyridine rings is 1. The average Bonchev–Trinajstić information content (AvgIpc) is 3.98. The van der Waals surface area contributed by atoms with E-state index in [0.29, 0.717) is 36.5 Å². The minimum absolute atomic E-state index is 0.0479. The van der Waals surface area contributed by atoms with Crippen LogP contribution in [-0.2, 0) is 29.1 Å². The second-order valence-electron chi connectivity index (χ2n) is 17.1. The monoisotopic (exact) mass is 799 g/mol. The molecule has 1 aromatic carbocycles. The third kappa shape index (κ3) is 8.74. The standard InChI is InChI=1S/C40H54FN5O9S/c1-8-53-31-18-25-13-16-42-34(28(25)20-29(31)41)54-27-19-30-33(47)44-40(36(49)45-56(51,52)39(7)14-15-39)21-26(40)12-10-9-11-23(2)17-24(3)32(35(48)46(30)22-27)43-37(50)55-38(4,5)6/h10,12-13,16,18,20,23-24,26-27,30,32H,8-9,11,14-15,17,19,21-22H2,1-7H3,(H,43,50)(H,44,47)(H,45,49)/b12-10-/t23-,24+,26?,27+,30-,32-,40+/m0/s1. The Balaban J connectivity index is 1.35. The molecular weight excluding hydrogens is 746 g/mol. The predicted molar refractivity (Wildman–Crippen MR) is 206 cm³/mol. The number of carbonyl (C=O) groups is 4. The van der Waals surface area contributed by atoms with Gasteiger partial charge in [-0.25, -0.2) is 22.6 Å². The van der Waals surface area contributed by atoms with Gasteiger partial charge >= 0.3 is 6.09 Å². The number of carbonyl (C=O) groups excluding carboxylic acids is 4. The number of benzene rings is 1. The smallest absolute Gasteiger partial charge is 0.408 e. The minimum Gasteiger partial charge on any atom is -0.491 e. The Kier molecular flexibility index (Phi) is 11.4. The topological polar surface area (TPSA) is 182 Å². The number of hydrogen-bond acceptors (Lipinski definition) is 10. The Labute approximate surface area is 327 Å². The second-order valence-corrected chi connectivity index (χ2v) is 19.3. The van der Waals surface area contributed by atoms with Gasteiger partial charge in [-0.2, -0.15) is 0 Å². The number of allylic oxidation sites excluding steroid dienone is 1. The van der Waals surface area contributed by atoms with Crippen molar-refractivity contribution >= 4 is 44.6 Å². The number of sulfonamides is 1. The van der Waals surface area contributed by atoms with Gasteiger partial charge in [-0.1, -0.05) is 26.0 Å². The van der Waals surface area contributed by atoms with Crippen LogP contribution in [0.1, 0.15) is 93.4 Å². The van der Waals surface area contributed by atoms with Crippen LogP contribution in [0.25, 0.3) is 10.8 Å². The van der Waals surface area contributed by atoms with E-state index in [2.05, 4.69) is 27.3 Å². The van der Waals surface area contributed by atoms with Crippen molar-refractivity contribution in [2.24, 2.45) is 17.8 Å². The number of ether oxygens (including phenoxy) is 3. The number of nitrogens with zero attached hydrogens (tertiary/aromatic N) is 2. The number of halogens is 1. The number of hydrogen-bond donors (Lipinski definition) is 3. The van der Waals surface area contributed by atoms with Crippen LogP contribution in [0.4, 0.5) is 9.18 Å². The summed E-state index contributed by atoms with van der Waals surface area (Å²) in [6, 6.07) is 2.19. The van der Waals surface area contributed by atoms with Crippen molar-refractivity contribution in [3.8, 4) is 11.6 Å². The first-order valence-corrected chi connectivity index (χ1v) is 21.0. The van der Waals surface area contributed by atoms with Crippen LogP contribution in [0.5, 0.6) is 11.6 Å². The van der Waals surface area contributed by atoms with Crippen molar-refractivity contribution in [2.45, 2.75) is 127 Å². The highest BCUT2D eigenvalue weighted by atomic mass is 32.2. The molecule has 1 unspecified atom stereocenters. The van der Waals surface area contributed by atoms with Gasteiger partial charge < -0.3 is 29.7 Å². The molecule has 2 aliphatic carbocycles. The van der Waals surface area contributed by atoms with Crippen molar-refractivity contribution in [3.05, 3.63) is 42.4 Å². The normalized spacial score (nSPS) is 29.8. The third-order valence-electron chi connectivity index (χ3n) is 11.3. The van der Waals surface area contributed by atoms with E-state index in [0.717, 1.165) is 6.42 Å². The van der Waals surface area contributed by atoms with Crippen LogP contribution in [0.15, 0.2) is 36.5 Å². The fraction of sp³-hybridized carbons (Fsp3) is 0.625. The molecule has 3 heterocycles. The van der Waals surface area contributed by atoms with Crippen LogP contribution in [0.3, 0.4) is 0 Å². The number of aromatic nitrogens is 1. The zero-order chi connectivity index (χ0) is 40.8. The Morgan fingerprint density at radius 3 is 2.55 bits per heavy atom. The van der Waals surface area contributed by atoms with Crippen LogP contribution in [0, 0.1) is 23.6 Å². The number of rotatable bonds is 8. The van der Waals surface area contributed by atoms with Gasteiger partial charge in [0.1, 0.15) is 29.3 Å². The summed E-state index contributed by atoms with van der Waals surface area (Å²) < 4.78 is 59.9. The van der Waals surface area contributed by atoms with Gasteiger partial charge in [0.25, 0.3) is 5.91 Å². The van der Waals surface area contributed by atoms with E-state index in [1.807, 2.05) is 19.1 Å². The molecular formula is C40H54FN5O9S. The molecule has 306 valence electrons. The molecule has 16 heteroatoms. The second kappa shape index (κ2) is 15.5. The molecule has 0 radical (unpaired) electrons. The van der Waals surface area contributed by atoms with E-state index in [9.17, 15) is 27.6 Å². The van der Waals surface area contributed by atoms with Gasteiger partial charge in [-0.05, 0) is 109 Å². The summed E-state index contributed by atoms with van der Waals surface area (Å²) in [5.41, 5.74) is -2.42. The molecule has 3 fully saturated rings. The van der Waals surface area contributed by atoms with Crippen LogP contribution in [-0.4, -0.2) is 89.3 Å². The molecule has 4 amide bonds. The SMILES string of the molecule is CCOc1cc2ccnc(O[C@@H]3C[C@H]4C(=O)N[C@]5(C(=O)NS(=O)(=O)C6(C)CC6)CC5/C=C\CC[C@H](C)C[C@@H](C)[C@H](NC(=O)OC(C)(C)C)C(=O)N4C3)c2cc1F. The van der Waals surface area contributed by atoms with Crippen LogP contribution in [0.2, 0.25) is 0 Å². The highest BCUT2D eigenvalue weighted by molar-refractivity contribution is 7.91. The third-order valence-corrected chi connectivity index (χ3v) is 13.4. The van der Waals surface area contributed by atoms with Crippen molar-refractivity contribution in [2.75, 3.05) is 13.2 Å². The first-order chi connectivity index (χ1) is 26.3. The summed E-state index contributed by atoms with van der Waals surface area (Å²) in [4.78, 5) is 62.1. The maximum atomic E-state index is 15.1. The summed E-state index contributed by atoms with van der Waals surface area (Å²) >= 11 is 0. The van der Waals surface area contributed by atoms with Crippen molar-refractivity contribution in [1.29, 1.82) is 0 Å². The number of fused-ring (bicyclic) bond motifs is 3. The first kappa shape index (κ1) is 41.2. The molecule has 3 N–H and O–H groups in total. The maximum absolute atomic E-state index is 15.1. The van der Waals surface area contributed by atoms with E-state index in [-0.39, 0.29) is 49.5 Å². The quantitative estimate of drug-likeness (QED) is 0.311. The largest absolute Gasteiger partial charge is 0.491 e. The number of nitrogens with one attached hydrogen (secondary N) is 3. The van der Waals surface area contributed by atoms with Crippen LogP contribution >= 0.6 is 0 Å². The van der Waals surface area contributed by atoms with Gasteiger partial charge in [-0.15, -0.1) is 0 Å². The molecule has 0 spiro atoms. The molecule has 6 rings (SSSR count). The summed E-state index contributed by atoms with van der Waals surface area (Å²) in [5, 5.41) is 6.60. The van der Waals surface area contributed by atoms with Crippen LogP contribution < -0.4 is 24.8 Å². The molecule has 2 aliphatic heterocycles.